The fourth-order valence-electron chi connectivity index (χ4n) is 3.83. The Balaban J connectivity index is 1.68. The molecular formula is C28H25ClN2O5. The number of halogens is 1. The number of carbonyl (C=O) groups is 2. The average molecular weight is 505 g/mol. The largest absolute Gasteiger partial charge is 0.469 e. The predicted octanol–water partition coefficient (Wildman–Crippen LogP) is 6.98. The second kappa shape index (κ2) is 11.1. The number of benzene rings is 3. The smallest absolute Gasteiger partial charge is 0.419 e. The zero-order valence-electron chi connectivity index (χ0n) is 20.2. The summed E-state index contributed by atoms with van der Waals surface area (Å²) in [4.78, 5) is 25.9. The maximum atomic E-state index is 13.0. The van der Waals surface area contributed by atoms with Gasteiger partial charge in [0.1, 0.15) is 11.4 Å². The second-order valence-corrected chi connectivity index (χ2v) is 8.36. The van der Waals surface area contributed by atoms with Gasteiger partial charge in [0.25, 0.3) is 0 Å². The van der Waals surface area contributed by atoms with E-state index >= 15 is 0 Å². The van der Waals surface area contributed by atoms with Gasteiger partial charge in [-0.25, -0.2) is 9.69 Å². The highest BCUT2D eigenvalue weighted by Crippen LogP contribution is 2.40. The van der Waals surface area contributed by atoms with Gasteiger partial charge in [0, 0.05) is 5.56 Å². The van der Waals surface area contributed by atoms with Crippen LogP contribution in [0.15, 0.2) is 77.3 Å². The van der Waals surface area contributed by atoms with Crippen LogP contribution in [-0.2, 0) is 20.7 Å². The van der Waals surface area contributed by atoms with Crippen molar-refractivity contribution in [3.8, 4) is 22.4 Å². The van der Waals surface area contributed by atoms with Crippen LogP contribution in [0.4, 0.5) is 16.2 Å². The zero-order chi connectivity index (χ0) is 25.7. The number of ether oxygens (including phenoxy) is 2. The summed E-state index contributed by atoms with van der Waals surface area (Å²) >= 11 is 6.44. The van der Waals surface area contributed by atoms with Crippen LogP contribution in [0.5, 0.6) is 0 Å². The molecule has 0 radical (unpaired) electrons. The van der Waals surface area contributed by atoms with Gasteiger partial charge < -0.3 is 14.0 Å². The molecule has 184 valence electrons. The van der Waals surface area contributed by atoms with E-state index in [0.717, 1.165) is 22.3 Å². The molecule has 0 saturated carbocycles. The molecule has 0 saturated heterocycles. The van der Waals surface area contributed by atoms with Crippen LogP contribution in [-0.4, -0.2) is 30.9 Å². The molecular weight excluding hydrogens is 480 g/mol. The van der Waals surface area contributed by atoms with Crippen LogP contribution >= 0.6 is 11.6 Å². The second-order valence-electron chi connectivity index (χ2n) is 7.95. The Bertz CT molecular complexity index is 1360. The number of carbonyl (C=O) groups excluding carboxylic acids is 2. The highest BCUT2D eigenvalue weighted by atomic mass is 35.5. The van der Waals surface area contributed by atoms with Crippen LogP contribution in [0.25, 0.3) is 22.4 Å². The topological polar surface area (TPSA) is 81.9 Å². The number of esters is 1. The van der Waals surface area contributed by atoms with Crippen LogP contribution in [0, 0.1) is 6.92 Å². The molecule has 0 aliphatic carbocycles. The lowest BCUT2D eigenvalue weighted by Gasteiger charge is -2.23. The molecule has 0 spiro atoms. The van der Waals surface area contributed by atoms with E-state index in [9.17, 15) is 9.59 Å². The van der Waals surface area contributed by atoms with E-state index in [0.29, 0.717) is 27.9 Å². The summed E-state index contributed by atoms with van der Waals surface area (Å²) in [6.07, 6.45) is -0.353. The minimum Gasteiger partial charge on any atom is -0.469 e. The number of methoxy groups -OCH3 is 1. The molecule has 0 aliphatic heterocycles. The van der Waals surface area contributed by atoms with Crippen molar-refractivity contribution in [2.75, 3.05) is 18.6 Å². The Morgan fingerprint density at radius 2 is 1.56 bits per heavy atom. The molecule has 8 heteroatoms. The van der Waals surface area contributed by atoms with Crippen LogP contribution in [0.2, 0.25) is 5.02 Å². The summed E-state index contributed by atoms with van der Waals surface area (Å²) in [5, 5.41) is 4.63. The quantitative estimate of drug-likeness (QED) is 0.252. The Labute approximate surface area is 214 Å². The summed E-state index contributed by atoms with van der Waals surface area (Å²) in [5.74, 6) is 0.169. The first-order valence-electron chi connectivity index (χ1n) is 11.4. The molecule has 0 fully saturated rings. The Morgan fingerprint density at radius 3 is 2.17 bits per heavy atom. The van der Waals surface area contributed by atoms with Crippen molar-refractivity contribution in [1.82, 2.24) is 5.16 Å². The van der Waals surface area contributed by atoms with Crippen LogP contribution in [0.3, 0.4) is 0 Å². The van der Waals surface area contributed by atoms with E-state index in [-0.39, 0.29) is 19.0 Å². The number of aromatic nitrogens is 1. The third kappa shape index (κ3) is 5.26. The Morgan fingerprint density at radius 1 is 0.944 bits per heavy atom. The van der Waals surface area contributed by atoms with Gasteiger partial charge in [-0.15, -0.1) is 0 Å². The number of hydrogen-bond acceptors (Lipinski definition) is 6. The lowest BCUT2D eigenvalue weighted by Crippen LogP contribution is -2.27. The molecule has 0 bridgehead atoms. The van der Waals surface area contributed by atoms with Crippen molar-refractivity contribution < 1.29 is 23.6 Å². The van der Waals surface area contributed by atoms with Crippen molar-refractivity contribution >= 4 is 35.0 Å². The molecule has 0 atom stereocenters. The van der Waals surface area contributed by atoms with Crippen molar-refractivity contribution in [3.05, 3.63) is 89.1 Å². The van der Waals surface area contributed by atoms with Crippen molar-refractivity contribution in [2.45, 2.75) is 20.3 Å². The van der Waals surface area contributed by atoms with Gasteiger partial charge in [0.2, 0.25) is 0 Å². The minimum atomic E-state index is -0.582. The van der Waals surface area contributed by atoms with Gasteiger partial charge in [-0.2, -0.15) is 0 Å². The molecule has 0 aliphatic rings. The molecule has 4 aromatic rings. The third-order valence-corrected chi connectivity index (χ3v) is 5.94. The van der Waals surface area contributed by atoms with Crippen LogP contribution < -0.4 is 4.90 Å². The number of aryl methyl sites for hydroxylation is 1. The van der Waals surface area contributed by atoms with Gasteiger partial charge in [0.15, 0.2) is 5.76 Å². The molecule has 7 nitrogen and oxygen atoms in total. The summed E-state index contributed by atoms with van der Waals surface area (Å²) < 4.78 is 15.6. The summed E-state index contributed by atoms with van der Waals surface area (Å²) in [7, 11) is 1.38. The van der Waals surface area contributed by atoms with Gasteiger partial charge in [-0.1, -0.05) is 77.4 Å². The molecule has 36 heavy (non-hydrogen) atoms. The fraction of sp³-hybridized carbons (Fsp3) is 0.179. The van der Waals surface area contributed by atoms with Gasteiger partial charge >= 0.3 is 12.1 Å². The summed E-state index contributed by atoms with van der Waals surface area (Å²) in [6.45, 7) is 3.68. The lowest BCUT2D eigenvalue weighted by molar-refractivity contribution is -0.139. The normalized spacial score (nSPS) is 10.7. The number of nitrogens with zero attached hydrogens (tertiary/aromatic N) is 2. The van der Waals surface area contributed by atoms with E-state index in [1.807, 2.05) is 48.5 Å². The summed E-state index contributed by atoms with van der Waals surface area (Å²) in [5.41, 5.74) is 5.03. The maximum Gasteiger partial charge on any atom is 0.419 e. The number of anilines is 2. The lowest BCUT2D eigenvalue weighted by atomic mass is 10.0. The summed E-state index contributed by atoms with van der Waals surface area (Å²) in [6, 6.07) is 22.5. The molecule has 1 aromatic heterocycles. The van der Waals surface area contributed by atoms with Crippen molar-refractivity contribution in [1.29, 1.82) is 0 Å². The van der Waals surface area contributed by atoms with E-state index in [1.165, 1.54) is 12.0 Å². The molecule has 3 aromatic carbocycles. The predicted molar refractivity (Wildman–Crippen MR) is 138 cm³/mol. The molecule has 0 unspecified atom stereocenters. The van der Waals surface area contributed by atoms with E-state index in [4.69, 9.17) is 25.6 Å². The van der Waals surface area contributed by atoms with E-state index in [2.05, 4.69) is 5.16 Å². The minimum absolute atomic E-state index is 0.201. The first-order valence-corrected chi connectivity index (χ1v) is 11.7. The van der Waals surface area contributed by atoms with Gasteiger partial charge in [0.05, 0.1) is 30.8 Å². The highest BCUT2D eigenvalue weighted by molar-refractivity contribution is 6.34. The third-order valence-electron chi connectivity index (χ3n) is 5.62. The number of rotatable bonds is 7. The Hall–Kier alpha value is -4.10. The van der Waals surface area contributed by atoms with Gasteiger partial charge in [-0.05, 0) is 42.7 Å². The molecule has 1 amide bonds. The van der Waals surface area contributed by atoms with E-state index < -0.39 is 6.09 Å². The van der Waals surface area contributed by atoms with Crippen molar-refractivity contribution in [2.24, 2.45) is 0 Å². The number of amides is 1. The highest BCUT2D eigenvalue weighted by Gasteiger charge is 2.29. The molecule has 1 heterocycles. The monoisotopic (exact) mass is 504 g/mol. The van der Waals surface area contributed by atoms with Crippen LogP contribution in [0.1, 0.15) is 18.2 Å². The maximum absolute atomic E-state index is 13.0. The first kappa shape index (κ1) is 25.0. The fourth-order valence-corrected chi connectivity index (χ4v) is 4.05. The number of hydrogen-bond donors (Lipinski definition) is 0. The Kier molecular flexibility index (Phi) is 7.71. The SMILES string of the molecule is CCOC(=O)N(c1ccccc1Cl)c1c(-c2ccc(-c3ccc(CC(=O)OC)cc3)cc2)noc1C. The standard InChI is InChI=1S/C28H25ClN2O5/c1-4-35-28(33)31(24-8-6-5-7-23(24)29)27-18(2)36-30-26(27)22-15-13-21(14-16-22)20-11-9-19(10-12-20)17-25(32)34-3/h5-16H,4,17H2,1-3H3. The molecule has 0 N–H and O–H groups in total. The van der Waals surface area contributed by atoms with Gasteiger partial charge in [-0.3, -0.25) is 4.79 Å². The number of para-hydroxylation sites is 1. The molecule has 4 rings (SSSR count). The zero-order valence-corrected chi connectivity index (χ0v) is 20.9. The average Bonchev–Trinajstić information content (AvgIpc) is 3.27. The van der Waals surface area contributed by atoms with E-state index in [1.54, 1.807) is 38.1 Å². The first-order chi connectivity index (χ1) is 17.4. The van der Waals surface area contributed by atoms with Crippen molar-refractivity contribution in [3.63, 3.8) is 0 Å².